The van der Waals surface area contributed by atoms with Crippen molar-refractivity contribution in [3.63, 3.8) is 0 Å². The molecule has 0 saturated carbocycles. The molecule has 0 radical (unpaired) electrons. The molecule has 1 N–H and O–H groups in total. The van der Waals surface area contributed by atoms with Crippen molar-refractivity contribution in [2.45, 2.75) is 19.3 Å². The summed E-state index contributed by atoms with van der Waals surface area (Å²) in [6.45, 7) is 2.49. The lowest BCUT2D eigenvalue weighted by molar-refractivity contribution is -0.122. The molecule has 1 amide bonds. The van der Waals surface area contributed by atoms with Crippen LogP contribution in [0.25, 0.3) is 10.8 Å². The number of amides is 1. The summed E-state index contributed by atoms with van der Waals surface area (Å²) in [5, 5.41) is 13.2. The smallest absolute Gasteiger partial charge is 0.227 e. The van der Waals surface area contributed by atoms with E-state index in [0.717, 1.165) is 16.8 Å². The van der Waals surface area contributed by atoms with E-state index < -0.39 is 0 Å². The molecule has 0 aliphatic carbocycles. The van der Waals surface area contributed by atoms with Crippen LogP contribution >= 0.6 is 0 Å². The van der Waals surface area contributed by atoms with Gasteiger partial charge in [0.2, 0.25) is 5.91 Å². The standard InChI is InChI=1S/C18H20N4O/c1-13(15-8-7-14-5-3-4-6-16(14)11-15)18(23)19-10-9-17-21-20-12-22(17)2/h3-8,11-13H,9-10H2,1-2H3,(H,19,23)/t13-/m1/s1. The van der Waals surface area contributed by atoms with Gasteiger partial charge in [0, 0.05) is 20.0 Å². The lowest BCUT2D eigenvalue weighted by Crippen LogP contribution is -2.30. The normalized spacial score (nSPS) is 12.3. The first-order valence-corrected chi connectivity index (χ1v) is 7.74. The fraction of sp³-hybridized carbons (Fsp3) is 0.278. The van der Waals surface area contributed by atoms with Gasteiger partial charge in [0.25, 0.3) is 0 Å². The van der Waals surface area contributed by atoms with E-state index in [1.807, 2.05) is 36.7 Å². The van der Waals surface area contributed by atoms with Crippen LogP contribution in [0.3, 0.4) is 0 Å². The average Bonchev–Trinajstić information content (AvgIpc) is 2.98. The van der Waals surface area contributed by atoms with E-state index in [1.165, 1.54) is 5.39 Å². The molecule has 0 unspecified atom stereocenters. The van der Waals surface area contributed by atoms with E-state index in [2.05, 4.69) is 39.8 Å². The summed E-state index contributed by atoms with van der Waals surface area (Å²) in [5.41, 5.74) is 1.03. The molecule has 3 rings (SSSR count). The molecule has 5 heteroatoms. The van der Waals surface area contributed by atoms with Gasteiger partial charge in [-0.15, -0.1) is 10.2 Å². The molecule has 0 saturated heterocycles. The van der Waals surface area contributed by atoms with Gasteiger partial charge in [-0.1, -0.05) is 42.5 Å². The summed E-state index contributed by atoms with van der Waals surface area (Å²) in [6, 6.07) is 14.3. The number of hydrogen-bond donors (Lipinski definition) is 1. The Morgan fingerprint density at radius 2 is 2.00 bits per heavy atom. The van der Waals surface area contributed by atoms with Gasteiger partial charge in [-0.2, -0.15) is 0 Å². The first-order valence-electron chi connectivity index (χ1n) is 7.74. The summed E-state index contributed by atoms with van der Waals surface area (Å²) in [4.78, 5) is 12.3. The Morgan fingerprint density at radius 3 is 2.74 bits per heavy atom. The molecule has 0 aliphatic heterocycles. The molecule has 23 heavy (non-hydrogen) atoms. The summed E-state index contributed by atoms with van der Waals surface area (Å²) in [7, 11) is 1.90. The van der Waals surface area contributed by atoms with Gasteiger partial charge in [-0.25, -0.2) is 0 Å². The number of carbonyl (C=O) groups excluding carboxylic acids is 1. The van der Waals surface area contributed by atoms with Crippen molar-refractivity contribution >= 4 is 16.7 Å². The molecule has 0 fully saturated rings. The van der Waals surface area contributed by atoms with Gasteiger partial charge in [0.05, 0.1) is 5.92 Å². The molecule has 1 aromatic heterocycles. The second-order valence-corrected chi connectivity index (χ2v) is 5.73. The van der Waals surface area contributed by atoms with Gasteiger partial charge in [0.15, 0.2) is 0 Å². The molecular formula is C18H20N4O. The van der Waals surface area contributed by atoms with E-state index in [1.54, 1.807) is 6.33 Å². The minimum absolute atomic E-state index is 0.0300. The Kier molecular flexibility index (Phi) is 4.37. The average molecular weight is 308 g/mol. The van der Waals surface area contributed by atoms with E-state index in [0.29, 0.717) is 13.0 Å². The van der Waals surface area contributed by atoms with Gasteiger partial charge in [-0.05, 0) is 23.3 Å². The monoisotopic (exact) mass is 308 g/mol. The van der Waals surface area contributed by atoms with Crippen LogP contribution in [-0.2, 0) is 18.3 Å². The summed E-state index contributed by atoms with van der Waals surface area (Å²) in [6.07, 6.45) is 2.33. The van der Waals surface area contributed by atoms with Crippen molar-refractivity contribution in [1.29, 1.82) is 0 Å². The van der Waals surface area contributed by atoms with Crippen molar-refractivity contribution in [1.82, 2.24) is 20.1 Å². The lowest BCUT2D eigenvalue weighted by atomic mass is 9.97. The topological polar surface area (TPSA) is 59.8 Å². The number of benzene rings is 2. The third-order valence-electron chi connectivity index (χ3n) is 4.12. The van der Waals surface area contributed by atoms with E-state index >= 15 is 0 Å². The zero-order valence-electron chi connectivity index (χ0n) is 13.4. The van der Waals surface area contributed by atoms with Crippen LogP contribution in [0.4, 0.5) is 0 Å². The van der Waals surface area contributed by atoms with Crippen LogP contribution in [0.5, 0.6) is 0 Å². The maximum atomic E-state index is 12.3. The number of carbonyl (C=O) groups is 1. The van der Waals surface area contributed by atoms with Crippen LogP contribution in [0.2, 0.25) is 0 Å². The Bertz CT molecular complexity index is 825. The first kappa shape index (κ1) is 15.2. The maximum Gasteiger partial charge on any atom is 0.227 e. The van der Waals surface area contributed by atoms with Crippen LogP contribution < -0.4 is 5.32 Å². The fourth-order valence-corrected chi connectivity index (χ4v) is 2.61. The van der Waals surface area contributed by atoms with Crippen molar-refractivity contribution < 1.29 is 4.79 Å². The van der Waals surface area contributed by atoms with Crippen molar-refractivity contribution in [2.75, 3.05) is 6.54 Å². The molecular weight excluding hydrogens is 288 g/mol. The Morgan fingerprint density at radius 1 is 1.22 bits per heavy atom. The van der Waals surface area contributed by atoms with E-state index in [9.17, 15) is 4.79 Å². The minimum atomic E-state index is -0.181. The number of nitrogens with one attached hydrogen (secondary N) is 1. The third kappa shape index (κ3) is 3.39. The van der Waals surface area contributed by atoms with Crippen molar-refractivity contribution in [3.05, 3.63) is 60.2 Å². The predicted octanol–water partition coefficient (Wildman–Crippen LogP) is 2.43. The van der Waals surface area contributed by atoms with Crippen molar-refractivity contribution in [2.24, 2.45) is 7.05 Å². The molecule has 0 aliphatic rings. The van der Waals surface area contributed by atoms with Gasteiger partial charge in [-0.3, -0.25) is 4.79 Å². The number of fused-ring (bicyclic) bond motifs is 1. The van der Waals surface area contributed by atoms with Crippen molar-refractivity contribution in [3.8, 4) is 0 Å². The van der Waals surface area contributed by atoms with Crippen LogP contribution in [0, 0.1) is 0 Å². The predicted molar refractivity (Wildman–Crippen MR) is 90.1 cm³/mol. The quantitative estimate of drug-likeness (QED) is 0.787. The summed E-state index contributed by atoms with van der Waals surface area (Å²) < 4.78 is 1.86. The van der Waals surface area contributed by atoms with Gasteiger partial charge < -0.3 is 9.88 Å². The van der Waals surface area contributed by atoms with E-state index in [-0.39, 0.29) is 11.8 Å². The number of nitrogens with zero attached hydrogens (tertiary/aromatic N) is 3. The van der Waals surface area contributed by atoms with Gasteiger partial charge in [0.1, 0.15) is 12.2 Å². The number of aryl methyl sites for hydroxylation is 1. The second kappa shape index (κ2) is 6.60. The van der Waals surface area contributed by atoms with Gasteiger partial charge >= 0.3 is 0 Å². The lowest BCUT2D eigenvalue weighted by Gasteiger charge is -2.13. The molecule has 0 spiro atoms. The minimum Gasteiger partial charge on any atom is -0.355 e. The Hall–Kier alpha value is -2.69. The SMILES string of the molecule is C[C@@H](C(=O)NCCc1nncn1C)c1ccc2ccccc2c1. The van der Waals surface area contributed by atoms with Crippen LogP contribution in [0.15, 0.2) is 48.8 Å². The molecule has 3 aromatic rings. The zero-order valence-corrected chi connectivity index (χ0v) is 13.4. The van der Waals surface area contributed by atoms with E-state index in [4.69, 9.17) is 0 Å². The molecule has 118 valence electrons. The summed E-state index contributed by atoms with van der Waals surface area (Å²) in [5.74, 6) is 0.713. The highest BCUT2D eigenvalue weighted by atomic mass is 16.1. The highest BCUT2D eigenvalue weighted by molar-refractivity contribution is 5.87. The Balaban J connectivity index is 1.62. The molecule has 1 heterocycles. The molecule has 2 aromatic carbocycles. The highest BCUT2D eigenvalue weighted by Crippen LogP contribution is 2.21. The van der Waals surface area contributed by atoms with Crippen LogP contribution in [-0.4, -0.2) is 27.2 Å². The molecule has 5 nitrogen and oxygen atoms in total. The fourth-order valence-electron chi connectivity index (χ4n) is 2.61. The maximum absolute atomic E-state index is 12.3. The zero-order chi connectivity index (χ0) is 16.2. The Labute approximate surface area is 135 Å². The summed E-state index contributed by atoms with van der Waals surface area (Å²) >= 11 is 0. The number of rotatable bonds is 5. The molecule has 0 bridgehead atoms. The second-order valence-electron chi connectivity index (χ2n) is 5.73. The first-order chi connectivity index (χ1) is 11.1. The number of hydrogen-bond acceptors (Lipinski definition) is 3. The number of aromatic nitrogens is 3. The highest BCUT2D eigenvalue weighted by Gasteiger charge is 2.15. The largest absolute Gasteiger partial charge is 0.355 e. The van der Waals surface area contributed by atoms with Crippen LogP contribution in [0.1, 0.15) is 24.2 Å². The third-order valence-corrected chi connectivity index (χ3v) is 4.12. The molecule has 1 atom stereocenters.